The number of benzene rings is 2. The van der Waals surface area contributed by atoms with Crippen LogP contribution in [0.3, 0.4) is 0 Å². The predicted octanol–water partition coefficient (Wildman–Crippen LogP) is 3.13. The summed E-state index contributed by atoms with van der Waals surface area (Å²) in [4.78, 5) is 2.29. The van der Waals surface area contributed by atoms with Crippen LogP contribution >= 0.6 is 0 Å². The van der Waals surface area contributed by atoms with E-state index in [0.717, 1.165) is 13.0 Å². The van der Waals surface area contributed by atoms with Gasteiger partial charge in [-0.25, -0.2) is 0 Å². The second-order valence-electron chi connectivity index (χ2n) is 4.97. The SMILES string of the molecule is Cc1cc(N(C)CCc2ccccc2)ccc1CN. The van der Waals surface area contributed by atoms with Crippen LogP contribution in [0.2, 0.25) is 0 Å². The molecule has 0 aliphatic carbocycles. The maximum Gasteiger partial charge on any atom is 0.0366 e. The molecule has 100 valence electrons. The normalized spacial score (nSPS) is 10.5. The van der Waals surface area contributed by atoms with Crippen LogP contribution in [0.15, 0.2) is 48.5 Å². The standard InChI is InChI=1S/C17H22N2/c1-14-12-17(9-8-16(14)13-18)19(2)11-10-15-6-4-3-5-7-15/h3-9,12H,10-11,13,18H2,1-2H3. The Morgan fingerprint density at radius 3 is 2.42 bits per heavy atom. The largest absolute Gasteiger partial charge is 0.374 e. The average molecular weight is 254 g/mol. The first-order valence-corrected chi connectivity index (χ1v) is 6.75. The van der Waals surface area contributed by atoms with Crippen molar-refractivity contribution in [1.82, 2.24) is 0 Å². The fourth-order valence-electron chi connectivity index (χ4n) is 2.22. The molecule has 0 aromatic heterocycles. The number of aryl methyl sites for hydroxylation is 1. The molecule has 0 unspecified atom stereocenters. The van der Waals surface area contributed by atoms with Crippen molar-refractivity contribution in [2.75, 3.05) is 18.5 Å². The summed E-state index contributed by atoms with van der Waals surface area (Å²) >= 11 is 0. The van der Waals surface area contributed by atoms with Crippen LogP contribution in [-0.4, -0.2) is 13.6 Å². The summed E-state index contributed by atoms with van der Waals surface area (Å²) in [6, 6.07) is 17.1. The second kappa shape index (κ2) is 6.39. The Morgan fingerprint density at radius 1 is 1.05 bits per heavy atom. The van der Waals surface area contributed by atoms with E-state index in [1.165, 1.54) is 22.4 Å². The van der Waals surface area contributed by atoms with E-state index < -0.39 is 0 Å². The van der Waals surface area contributed by atoms with Crippen LogP contribution in [0.25, 0.3) is 0 Å². The zero-order chi connectivity index (χ0) is 13.7. The van der Waals surface area contributed by atoms with Gasteiger partial charge in [-0.2, -0.15) is 0 Å². The summed E-state index contributed by atoms with van der Waals surface area (Å²) in [7, 11) is 2.14. The van der Waals surface area contributed by atoms with Gasteiger partial charge in [0.2, 0.25) is 0 Å². The number of anilines is 1. The van der Waals surface area contributed by atoms with Crippen LogP contribution in [0.4, 0.5) is 5.69 Å². The van der Waals surface area contributed by atoms with E-state index in [4.69, 9.17) is 5.73 Å². The van der Waals surface area contributed by atoms with Gasteiger partial charge in [0.25, 0.3) is 0 Å². The molecule has 0 aliphatic heterocycles. The number of hydrogen-bond donors (Lipinski definition) is 1. The summed E-state index contributed by atoms with van der Waals surface area (Å²) in [5.41, 5.74) is 10.8. The Morgan fingerprint density at radius 2 is 1.79 bits per heavy atom. The highest BCUT2D eigenvalue weighted by molar-refractivity contribution is 5.50. The summed E-state index contributed by atoms with van der Waals surface area (Å²) in [5, 5.41) is 0. The molecule has 2 N–H and O–H groups in total. The Kier molecular flexibility index (Phi) is 4.58. The Hall–Kier alpha value is -1.80. The third kappa shape index (κ3) is 3.58. The predicted molar refractivity (Wildman–Crippen MR) is 82.5 cm³/mol. The average Bonchev–Trinajstić information content (AvgIpc) is 2.45. The zero-order valence-electron chi connectivity index (χ0n) is 11.8. The van der Waals surface area contributed by atoms with E-state index in [1.54, 1.807) is 0 Å². The lowest BCUT2D eigenvalue weighted by molar-refractivity contribution is 0.875. The Balaban J connectivity index is 2.00. The molecule has 0 amide bonds. The molecule has 2 aromatic rings. The number of nitrogens with two attached hydrogens (primary N) is 1. The molecule has 0 atom stereocenters. The lowest BCUT2D eigenvalue weighted by Crippen LogP contribution is -2.20. The molecule has 0 radical (unpaired) electrons. The fraction of sp³-hybridized carbons (Fsp3) is 0.294. The molecule has 0 spiro atoms. The minimum atomic E-state index is 0.611. The second-order valence-corrected chi connectivity index (χ2v) is 4.97. The van der Waals surface area contributed by atoms with Crippen molar-refractivity contribution < 1.29 is 0 Å². The maximum atomic E-state index is 5.70. The van der Waals surface area contributed by atoms with E-state index in [0.29, 0.717) is 6.54 Å². The molecule has 0 fully saturated rings. The van der Waals surface area contributed by atoms with E-state index in [9.17, 15) is 0 Å². The molecule has 0 bridgehead atoms. The summed E-state index contributed by atoms with van der Waals surface area (Å²) in [6.45, 7) is 3.75. The van der Waals surface area contributed by atoms with Gasteiger partial charge in [-0.1, -0.05) is 36.4 Å². The van der Waals surface area contributed by atoms with Crippen LogP contribution in [0.5, 0.6) is 0 Å². The van der Waals surface area contributed by atoms with Crippen molar-refractivity contribution in [3.8, 4) is 0 Å². The molecule has 2 rings (SSSR count). The molecule has 0 heterocycles. The first-order valence-electron chi connectivity index (χ1n) is 6.75. The lowest BCUT2D eigenvalue weighted by atomic mass is 10.1. The van der Waals surface area contributed by atoms with E-state index in [-0.39, 0.29) is 0 Å². The molecule has 2 heteroatoms. The summed E-state index contributed by atoms with van der Waals surface area (Å²) < 4.78 is 0. The first-order chi connectivity index (χ1) is 9.20. The quantitative estimate of drug-likeness (QED) is 0.888. The van der Waals surface area contributed by atoms with Gasteiger partial charge in [0.15, 0.2) is 0 Å². The topological polar surface area (TPSA) is 29.3 Å². The molecular formula is C17H22N2. The van der Waals surface area contributed by atoms with Gasteiger partial charge in [-0.15, -0.1) is 0 Å². The molecular weight excluding hydrogens is 232 g/mol. The molecule has 0 aliphatic rings. The summed E-state index contributed by atoms with van der Waals surface area (Å²) in [6.07, 6.45) is 1.06. The van der Waals surface area contributed by atoms with Crippen molar-refractivity contribution in [3.63, 3.8) is 0 Å². The van der Waals surface area contributed by atoms with Crippen LogP contribution in [0.1, 0.15) is 16.7 Å². The third-order valence-corrected chi connectivity index (χ3v) is 3.57. The van der Waals surface area contributed by atoms with Gasteiger partial charge in [-0.3, -0.25) is 0 Å². The van der Waals surface area contributed by atoms with Crippen molar-refractivity contribution in [3.05, 3.63) is 65.2 Å². The number of likely N-dealkylation sites (N-methyl/N-ethyl adjacent to an activating group) is 1. The molecule has 2 aromatic carbocycles. The van der Waals surface area contributed by atoms with Gasteiger partial charge in [0.1, 0.15) is 0 Å². The van der Waals surface area contributed by atoms with E-state index in [2.05, 4.69) is 67.4 Å². The van der Waals surface area contributed by atoms with Crippen LogP contribution in [-0.2, 0) is 13.0 Å². The number of hydrogen-bond acceptors (Lipinski definition) is 2. The van der Waals surface area contributed by atoms with Crippen LogP contribution < -0.4 is 10.6 Å². The van der Waals surface area contributed by atoms with Gasteiger partial charge in [0, 0.05) is 25.8 Å². The van der Waals surface area contributed by atoms with Gasteiger partial charge in [-0.05, 0) is 42.2 Å². The third-order valence-electron chi connectivity index (χ3n) is 3.57. The molecule has 0 saturated carbocycles. The van der Waals surface area contributed by atoms with E-state index >= 15 is 0 Å². The van der Waals surface area contributed by atoms with E-state index in [1.807, 2.05) is 0 Å². The van der Waals surface area contributed by atoms with Gasteiger partial charge < -0.3 is 10.6 Å². The van der Waals surface area contributed by atoms with Crippen molar-refractivity contribution >= 4 is 5.69 Å². The highest BCUT2D eigenvalue weighted by atomic mass is 15.1. The van der Waals surface area contributed by atoms with Gasteiger partial charge in [0.05, 0.1) is 0 Å². The number of nitrogens with zero attached hydrogens (tertiary/aromatic N) is 1. The van der Waals surface area contributed by atoms with Crippen molar-refractivity contribution in [1.29, 1.82) is 0 Å². The van der Waals surface area contributed by atoms with Crippen molar-refractivity contribution in [2.45, 2.75) is 19.9 Å². The Bertz CT molecular complexity index is 520. The van der Waals surface area contributed by atoms with Crippen molar-refractivity contribution in [2.24, 2.45) is 5.73 Å². The minimum Gasteiger partial charge on any atom is -0.374 e. The maximum absolute atomic E-state index is 5.70. The smallest absolute Gasteiger partial charge is 0.0366 e. The molecule has 2 nitrogen and oxygen atoms in total. The fourth-order valence-corrected chi connectivity index (χ4v) is 2.22. The Labute approximate surface area is 115 Å². The minimum absolute atomic E-state index is 0.611. The first kappa shape index (κ1) is 13.6. The van der Waals surface area contributed by atoms with Gasteiger partial charge >= 0.3 is 0 Å². The zero-order valence-corrected chi connectivity index (χ0v) is 11.8. The summed E-state index contributed by atoms with van der Waals surface area (Å²) in [5.74, 6) is 0. The monoisotopic (exact) mass is 254 g/mol. The molecule has 0 saturated heterocycles. The number of rotatable bonds is 5. The van der Waals surface area contributed by atoms with Crippen LogP contribution in [0, 0.1) is 6.92 Å². The lowest BCUT2D eigenvalue weighted by Gasteiger charge is -2.20. The highest BCUT2D eigenvalue weighted by Crippen LogP contribution is 2.18. The highest BCUT2D eigenvalue weighted by Gasteiger charge is 2.03. The molecule has 19 heavy (non-hydrogen) atoms.